The van der Waals surface area contributed by atoms with Crippen LogP contribution in [-0.2, 0) is 5.92 Å². The summed E-state index contributed by atoms with van der Waals surface area (Å²) >= 11 is 0. The molecular weight excluding hydrogens is 498 g/mol. The fraction of sp³-hybridized carbons (Fsp3) is 0.692. The van der Waals surface area contributed by atoms with Crippen LogP contribution in [-0.4, -0.2) is 16.4 Å². The van der Waals surface area contributed by atoms with Crippen LogP contribution >= 0.6 is 0 Å². The molecule has 1 fully saturated rings. The highest BCUT2D eigenvalue weighted by Crippen LogP contribution is 2.54. The van der Waals surface area contributed by atoms with Crippen LogP contribution in [0.1, 0.15) is 77.8 Å². The van der Waals surface area contributed by atoms with Crippen molar-refractivity contribution in [1.82, 2.24) is 0 Å². The fourth-order valence-corrected chi connectivity index (χ4v) is 16.9. The van der Waals surface area contributed by atoms with Crippen molar-refractivity contribution in [3.63, 3.8) is 0 Å². The molecule has 0 aromatic heterocycles. The summed E-state index contributed by atoms with van der Waals surface area (Å²) in [6.45, 7) is 10.5. The lowest BCUT2D eigenvalue weighted by Gasteiger charge is -2.45. The van der Waals surface area contributed by atoms with Gasteiger partial charge in [-0.25, -0.2) is 13.2 Å². The van der Waals surface area contributed by atoms with Crippen LogP contribution in [0.5, 0.6) is 5.75 Å². The van der Waals surface area contributed by atoms with Crippen LogP contribution < -0.4 is 4.43 Å². The number of halogens is 6. The van der Waals surface area contributed by atoms with Crippen molar-refractivity contribution in [3.8, 4) is 5.75 Å². The van der Waals surface area contributed by atoms with Gasteiger partial charge < -0.3 is 4.43 Å². The Balaban J connectivity index is 2.19. The standard InChI is InChI=1S/C26H37F6OSi2/c1-6-34(7-2,8-3)14-15-35(17(4)5,18-12-10-9-11-13-18)33-25-21-20(19(27)16-26(21,31)32)22(28)23(29)24(25)30/h17-18H,6-15H2,1-5H3. The predicted octanol–water partition coefficient (Wildman–Crippen LogP) is 9.90. The Hall–Kier alpha value is -1.23. The van der Waals surface area contributed by atoms with Gasteiger partial charge in [0.1, 0.15) is 5.83 Å². The molecule has 0 saturated heterocycles. The summed E-state index contributed by atoms with van der Waals surface area (Å²) in [5, 5.41) is 0. The van der Waals surface area contributed by atoms with Crippen molar-refractivity contribution in [3.05, 3.63) is 34.7 Å². The van der Waals surface area contributed by atoms with E-state index < -0.39 is 62.5 Å². The minimum Gasteiger partial charge on any atom is -0.541 e. The lowest BCUT2D eigenvalue weighted by molar-refractivity contribution is 0.0440. The van der Waals surface area contributed by atoms with Crippen LogP contribution in [0, 0.1) is 23.5 Å². The molecular formula is C26H37F6OSi2. The molecule has 1 aromatic rings. The fourth-order valence-electron chi connectivity index (χ4n) is 6.24. The lowest BCUT2D eigenvalue weighted by Crippen LogP contribution is -2.52. The Kier molecular flexibility index (Phi) is 8.61. The number of fused-ring (bicyclic) bond motifs is 1. The Bertz CT molecular complexity index is 946. The Morgan fingerprint density at radius 2 is 1.46 bits per heavy atom. The molecule has 0 N–H and O–H groups in total. The molecule has 2 aliphatic carbocycles. The number of alkyl halides is 2. The van der Waals surface area contributed by atoms with Crippen molar-refractivity contribution in [2.24, 2.45) is 0 Å². The summed E-state index contributed by atoms with van der Waals surface area (Å²) < 4.78 is 94.6. The molecule has 1 radical (unpaired) electrons. The summed E-state index contributed by atoms with van der Waals surface area (Å²) in [6, 6.07) is 4.79. The molecule has 9 heteroatoms. The van der Waals surface area contributed by atoms with Gasteiger partial charge in [-0.1, -0.05) is 78.1 Å². The molecule has 0 bridgehead atoms. The predicted molar refractivity (Wildman–Crippen MR) is 133 cm³/mol. The van der Waals surface area contributed by atoms with E-state index in [9.17, 15) is 22.0 Å². The van der Waals surface area contributed by atoms with Crippen molar-refractivity contribution >= 4 is 22.2 Å². The van der Waals surface area contributed by atoms with E-state index in [-0.39, 0.29) is 11.1 Å². The summed E-state index contributed by atoms with van der Waals surface area (Å²) in [7, 11) is -4.70. The van der Waals surface area contributed by atoms with E-state index in [2.05, 4.69) is 20.8 Å². The maximum absolute atomic E-state index is 15.2. The van der Waals surface area contributed by atoms with Crippen LogP contribution in [0.3, 0.4) is 0 Å². The van der Waals surface area contributed by atoms with Gasteiger partial charge in [0.25, 0.3) is 8.32 Å². The largest absolute Gasteiger partial charge is 0.541 e. The first kappa shape index (κ1) is 28.3. The molecule has 1 atom stereocenters. The third-order valence-electron chi connectivity index (χ3n) is 8.94. The highest BCUT2D eigenvalue weighted by Gasteiger charge is 2.53. The third-order valence-corrected chi connectivity index (χ3v) is 20.8. The number of benzene rings is 1. The first-order valence-corrected chi connectivity index (χ1v) is 18.1. The average Bonchev–Trinajstić information content (AvgIpc) is 3.08. The molecule has 2 aliphatic rings. The maximum Gasteiger partial charge on any atom is 0.306 e. The van der Waals surface area contributed by atoms with Gasteiger partial charge >= 0.3 is 5.92 Å². The molecule has 197 valence electrons. The van der Waals surface area contributed by atoms with Crippen LogP contribution in [0.15, 0.2) is 0 Å². The van der Waals surface area contributed by atoms with Gasteiger partial charge in [0.05, 0.1) is 25.3 Å². The summed E-state index contributed by atoms with van der Waals surface area (Å²) in [5.41, 5.74) is -2.53. The summed E-state index contributed by atoms with van der Waals surface area (Å²) in [4.78, 5) is 0. The molecule has 0 heterocycles. The number of rotatable bonds is 10. The zero-order valence-corrected chi connectivity index (χ0v) is 23.4. The topological polar surface area (TPSA) is 9.23 Å². The third kappa shape index (κ3) is 5.00. The van der Waals surface area contributed by atoms with Crippen molar-refractivity contribution in [2.75, 3.05) is 0 Å². The first-order chi connectivity index (χ1) is 16.4. The minimum absolute atomic E-state index is 0.0773. The SMILES string of the molecule is CC[Si](CC)(CC)CC[Si](Oc1c(F)c(F)c(F)c2c1C(F)(F)[C]=C2F)(C(C)C)C1CCCCC1. The molecule has 1 aromatic carbocycles. The van der Waals surface area contributed by atoms with E-state index in [1.807, 2.05) is 13.8 Å². The molecule has 1 saturated carbocycles. The molecule has 3 rings (SSSR count). The highest BCUT2D eigenvalue weighted by atomic mass is 28.4. The van der Waals surface area contributed by atoms with Gasteiger partial charge in [-0.05, 0) is 30.0 Å². The lowest BCUT2D eigenvalue weighted by atomic mass is 10.0. The van der Waals surface area contributed by atoms with Crippen LogP contribution in [0.2, 0.25) is 41.3 Å². The number of hydrogen-bond acceptors (Lipinski definition) is 1. The van der Waals surface area contributed by atoms with Gasteiger partial charge in [-0.2, -0.15) is 13.2 Å². The van der Waals surface area contributed by atoms with Crippen molar-refractivity contribution < 1.29 is 30.8 Å². The van der Waals surface area contributed by atoms with E-state index >= 15 is 4.39 Å². The normalized spacial score (nSPS) is 20.1. The average molecular weight is 536 g/mol. The van der Waals surface area contributed by atoms with Gasteiger partial charge in [0, 0.05) is 0 Å². The van der Waals surface area contributed by atoms with E-state index in [0.717, 1.165) is 56.3 Å². The maximum atomic E-state index is 15.2. The summed E-state index contributed by atoms with van der Waals surface area (Å²) in [6.07, 6.45) is 5.93. The Morgan fingerprint density at radius 1 is 0.886 bits per heavy atom. The zero-order valence-electron chi connectivity index (χ0n) is 21.4. The number of hydrogen-bond donors (Lipinski definition) is 0. The van der Waals surface area contributed by atoms with E-state index in [1.54, 1.807) is 0 Å². The Morgan fingerprint density at radius 3 is 1.97 bits per heavy atom. The van der Waals surface area contributed by atoms with E-state index in [1.165, 1.54) is 6.08 Å². The monoisotopic (exact) mass is 535 g/mol. The van der Waals surface area contributed by atoms with Crippen molar-refractivity contribution in [1.29, 1.82) is 0 Å². The quantitative estimate of drug-likeness (QED) is 0.165. The Labute approximate surface area is 207 Å². The van der Waals surface area contributed by atoms with Gasteiger partial charge in [-0.15, -0.1) is 0 Å². The minimum atomic E-state index is -4.11. The van der Waals surface area contributed by atoms with Gasteiger partial charge in [0.15, 0.2) is 17.4 Å². The summed E-state index contributed by atoms with van der Waals surface area (Å²) in [5.74, 6) is -12.6. The smallest absolute Gasteiger partial charge is 0.306 e. The second kappa shape index (κ2) is 10.6. The van der Waals surface area contributed by atoms with Crippen molar-refractivity contribution in [2.45, 2.75) is 114 Å². The van der Waals surface area contributed by atoms with Crippen LogP contribution in [0.25, 0.3) is 5.83 Å². The highest BCUT2D eigenvalue weighted by molar-refractivity contribution is 6.83. The van der Waals surface area contributed by atoms with Gasteiger partial charge in [-0.3, -0.25) is 0 Å². The molecule has 1 nitrogen and oxygen atoms in total. The molecule has 0 spiro atoms. The van der Waals surface area contributed by atoms with E-state index in [0.29, 0.717) is 6.04 Å². The molecule has 1 unspecified atom stereocenters. The zero-order chi connectivity index (χ0) is 26.2. The molecule has 0 amide bonds. The molecule has 0 aliphatic heterocycles. The van der Waals surface area contributed by atoms with Gasteiger partial charge in [0.2, 0.25) is 5.82 Å². The number of allylic oxidation sites excluding steroid dienone is 1. The second-order valence-corrected chi connectivity index (χ2v) is 20.8. The second-order valence-electron chi connectivity index (χ2n) is 10.6. The first-order valence-electron chi connectivity index (χ1n) is 13.0. The van der Waals surface area contributed by atoms with E-state index in [4.69, 9.17) is 4.43 Å². The molecule has 35 heavy (non-hydrogen) atoms. The van der Waals surface area contributed by atoms with Crippen LogP contribution in [0.4, 0.5) is 26.3 Å².